The molecule has 0 saturated heterocycles. The molecule has 0 aliphatic carbocycles. The molecule has 2 amide bonds. The first kappa shape index (κ1) is 18.9. The zero-order chi connectivity index (χ0) is 18.6. The SMILES string of the molecule is C[C@H](C(=O)Nc1cccc2ccccc12)[NH+](C)CC(=O)NC(C)(C)C. The highest BCUT2D eigenvalue weighted by atomic mass is 16.2. The molecule has 0 fully saturated rings. The molecule has 134 valence electrons. The second kappa shape index (κ2) is 7.66. The first-order chi connectivity index (χ1) is 11.7. The van der Waals surface area contributed by atoms with Crippen molar-refractivity contribution in [2.75, 3.05) is 18.9 Å². The highest BCUT2D eigenvalue weighted by molar-refractivity contribution is 6.03. The summed E-state index contributed by atoms with van der Waals surface area (Å²) in [5.41, 5.74) is 0.521. The smallest absolute Gasteiger partial charge is 0.282 e. The lowest BCUT2D eigenvalue weighted by atomic mass is 10.1. The maximum Gasteiger partial charge on any atom is 0.282 e. The van der Waals surface area contributed by atoms with E-state index in [2.05, 4.69) is 10.6 Å². The number of rotatable bonds is 5. The van der Waals surface area contributed by atoms with Crippen molar-refractivity contribution in [3.8, 4) is 0 Å². The molecular weight excluding hydrogens is 314 g/mol. The second-order valence-corrected chi connectivity index (χ2v) is 7.56. The average molecular weight is 342 g/mol. The molecule has 0 spiro atoms. The lowest BCUT2D eigenvalue weighted by molar-refractivity contribution is -0.885. The van der Waals surface area contributed by atoms with Gasteiger partial charge in [-0.25, -0.2) is 0 Å². The van der Waals surface area contributed by atoms with Gasteiger partial charge in [-0.3, -0.25) is 9.59 Å². The average Bonchev–Trinajstić information content (AvgIpc) is 2.52. The molecule has 2 rings (SSSR count). The van der Waals surface area contributed by atoms with E-state index in [-0.39, 0.29) is 29.9 Å². The summed E-state index contributed by atoms with van der Waals surface area (Å²) in [6, 6.07) is 13.4. The van der Waals surface area contributed by atoms with E-state index in [1.165, 1.54) is 0 Å². The van der Waals surface area contributed by atoms with Gasteiger partial charge in [-0.2, -0.15) is 0 Å². The molecule has 0 heterocycles. The molecule has 0 aliphatic heterocycles. The van der Waals surface area contributed by atoms with Crippen LogP contribution in [0.3, 0.4) is 0 Å². The number of hydrogen-bond acceptors (Lipinski definition) is 2. The van der Waals surface area contributed by atoms with Crippen LogP contribution < -0.4 is 15.5 Å². The number of amides is 2. The summed E-state index contributed by atoms with van der Waals surface area (Å²) < 4.78 is 0. The molecule has 1 unspecified atom stereocenters. The van der Waals surface area contributed by atoms with Crippen LogP contribution in [-0.2, 0) is 9.59 Å². The maximum absolute atomic E-state index is 12.6. The molecular formula is C20H28N3O2+. The van der Waals surface area contributed by atoms with Crippen LogP contribution in [0.5, 0.6) is 0 Å². The van der Waals surface area contributed by atoms with Gasteiger partial charge in [0.15, 0.2) is 12.6 Å². The van der Waals surface area contributed by atoms with Crippen LogP contribution in [0.2, 0.25) is 0 Å². The summed E-state index contributed by atoms with van der Waals surface area (Å²) in [6.07, 6.45) is 0. The van der Waals surface area contributed by atoms with E-state index in [4.69, 9.17) is 0 Å². The number of carbonyl (C=O) groups is 2. The molecule has 3 N–H and O–H groups in total. The molecule has 0 aromatic heterocycles. The Balaban J connectivity index is 2.03. The minimum Gasteiger partial charge on any atom is -0.347 e. The zero-order valence-electron chi connectivity index (χ0n) is 15.6. The topological polar surface area (TPSA) is 62.6 Å². The van der Waals surface area contributed by atoms with Crippen molar-refractivity contribution in [1.82, 2.24) is 5.32 Å². The Morgan fingerprint density at radius 2 is 1.72 bits per heavy atom. The van der Waals surface area contributed by atoms with Crippen LogP contribution in [0.1, 0.15) is 27.7 Å². The van der Waals surface area contributed by atoms with Crippen molar-refractivity contribution in [1.29, 1.82) is 0 Å². The van der Waals surface area contributed by atoms with Crippen molar-refractivity contribution in [2.24, 2.45) is 0 Å². The molecule has 25 heavy (non-hydrogen) atoms. The number of anilines is 1. The molecule has 2 aromatic carbocycles. The third kappa shape index (κ3) is 5.29. The minimum atomic E-state index is -0.343. The van der Waals surface area contributed by atoms with Crippen molar-refractivity contribution in [3.05, 3.63) is 42.5 Å². The fraction of sp³-hybridized carbons (Fsp3) is 0.400. The fourth-order valence-corrected chi connectivity index (χ4v) is 2.67. The largest absolute Gasteiger partial charge is 0.347 e. The first-order valence-corrected chi connectivity index (χ1v) is 8.59. The first-order valence-electron chi connectivity index (χ1n) is 8.59. The Labute approximate surface area is 149 Å². The standard InChI is InChI=1S/C20H27N3O2/c1-14(23(5)13-18(24)22-20(2,3)4)19(25)21-17-12-8-10-15-9-6-7-11-16(15)17/h6-12,14H,13H2,1-5H3,(H,21,25)(H,22,24)/p+1/t14-/m1/s1. The molecule has 0 radical (unpaired) electrons. The van der Waals surface area contributed by atoms with Crippen LogP contribution >= 0.6 is 0 Å². The summed E-state index contributed by atoms with van der Waals surface area (Å²) in [4.78, 5) is 25.5. The minimum absolute atomic E-state index is 0.0604. The third-order valence-electron chi connectivity index (χ3n) is 4.13. The Morgan fingerprint density at radius 3 is 2.40 bits per heavy atom. The lowest BCUT2D eigenvalue weighted by Crippen LogP contribution is -3.15. The second-order valence-electron chi connectivity index (χ2n) is 7.56. The molecule has 0 saturated carbocycles. The number of fused-ring (bicyclic) bond motifs is 1. The summed E-state index contributed by atoms with van der Waals surface area (Å²) in [5.74, 6) is -0.160. The van der Waals surface area contributed by atoms with Gasteiger partial charge in [0.05, 0.1) is 7.05 Å². The molecule has 0 aliphatic rings. The van der Waals surface area contributed by atoms with E-state index >= 15 is 0 Å². The van der Waals surface area contributed by atoms with Crippen molar-refractivity contribution in [2.45, 2.75) is 39.3 Å². The number of benzene rings is 2. The van der Waals surface area contributed by atoms with Crippen LogP contribution in [0.4, 0.5) is 5.69 Å². The quantitative estimate of drug-likeness (QED) is 0.773. The van der Waals surface area contributed by atoms with Crippen molar-refractivity contribution >= 4 is 28.3 Å². The van der Waals surface area contributed by atoms with Crippen LogP contribution in [0, 0.1) is 0 Å². The maximum atomic E-state index is 12.6. The van der Waals surface area contributed by atoms with E-state index in [1.54, 1.807) is 0 Å². The predicted octanol–water partition coefficient (Wildman–Crippen LogP) is 1.60. The molecule has 5 nitrogen and oxygen atoms in total. The number of carbonyl (C=O) groups excluding carboxylic acids is 2. The Hall–Kier alpha value is -2.40. The van der Waals surface area contributed by atoms with Gasteiger partial charge in [0.25, 0.3) is 11.8 Å². The van der Waals surface area contributed by atoms with Crippen LogP contribution in [0.15, 0.2) is 42.5 Å². The molecule has 0 bridgehead atoms. The van der Waals surface area contributed by atoms with Crippen LogP contribution in [-0.4, -0.2) is 37.0 Å². The van der Waals surface area contributed by atoms with Gasteiger partial charge < -0.3 is 15.5 Å². The van der Waals surface area contributed by atoms with E-state index in [0.717, 1.165) is 21.4 Å². The molecule has 2 aromatic rings. The lowest BCUT2D eigenvalue weighted by Gasteiger charge is -2.24. The summed E-state index contributed by atoms with van der Waals surface area (Å²) in [5, 5.41) is 8.01. The van der Waals surface area contributed by atoms with Gasteiger partial charge in [0.2, 0.25) is 0 Å². The Bertz CT molecular complexity index is 760. The predicted molar refractivity (Wildman–Crippen MR) is 102 cm³/mol. The normalized spacial score (nSPS) is 14.0. The van der Waals surface area contributed by atoms with E-state index in [0.29, 0.717) is 0 Å². The Kier molecular flexibility index (Phi) is 5.80. The number of quaternary nitrogens is 1. The summed E-state index contributed by atoms with van der Waals surface area (Å²) >= 11 is 0. The summed E-state index contributed by atoms with van der Waals surface area (Å²) in [6.45, 7) is 7.91. The molecule has 5 heteroatoms. The highest BCUT2D eigenvalue weighted by Crippen LogP contribution is 2.22. The zero-order valence-corrected chi connectivity index (χ0v) is 15.6. The monoisotopic (exact) mass is 342 g/mol. The van der Waals surface area contributed by atoms with Crippen molar-refractivity contribution < 1.29 is 14.5 Å². The molecule has 2 atom stereocenters. The van der Waals surface area contributed by atoms with Gasteiger partial charge in [-0.1, -0.05) is 36.4 Å². The summed E-state index contributed by atoms with van der Waals surface area (Å²) in [7, 11) is 1.86. The number of nitrogens with one attached hydrogen (secondary N) is 3. The van der Waals surface area contributed by atoms with E-state index < -0.39 is 0 Å². The Morgan fingerprint density at radius 1 is 1.08 bits per heavy atom. The van der Waals surface area contributed by atoms with Gasteiger partial charge in [0, 0.05) is 16.6 Å². The van der Waals surface area contributed by atoms with Gasteiger partial charge >= 0.3 is 0 Å². The highest BCUT2D eigenvalue weighted by Gasteiger charge is 2.25. The van der Waals surface area contributed by atoms with Gasteiger partial charge in [-0.05, 0) is 39.1 Å². The van der Waals surface area contributed by atoms with Gasteiger partial charge in [-0.15, -0.1) is 0 Å². The van der Waals surface area contributed by atoms with Crippen molar-refractivity contribution in [3.63, 3.8) is 0 Å². The fourth-order valence-electron chi connectivity index (χ4n) is 2.67. The third-order valence-corrected chi connectivity index (χ3v) is 4.13. The van der Waals surface area contributed by atoms with Gasteiger partial charge in [0.1, 0.15) is 0 Å². The van der Waals surface area contributed by atoms with Crippen LogP contribution in [0.25, 0.3) is 10.8 Å². The van der Waals surface area contributed by atoms with E-state index in [1.807, 2.05) is 77.2 Å². The van der Waals surface area contributed by atoms with E-state index in [9.17, 15) is 9.59 Å². The number of hydrogen-bond donors (Lipinski definition) is 3. The number of likely N-dealkylation sites (N-methyl/N-ethyl adjacent to an activating group) is 1.